The highest BCUT2D eigenvalue weighted by atomic mass is 35.5. The summed E-state index contributed by atoms with van der Waals surface area (Å²) < 4.78 is 21.1. The highest BCUT2D eigenvalue weighted by molar-refractivity contribution is 6.36. The van der Waals surface area contributed by atoms with Crippen LogP contribution in [0.3, 0.4) is 0 Å². The Kier molecular flexibility index (Phi) is 5.82. The smallest absolute Gasteiger partial charge is 0.328 e. The van der Waals surface area contributed by atoms with Crippen molar-refractivity contribution >= 4 is 46.2 Å². The van der Waals surface area contributed by atoms with Crippen molar-refractivity contribution in [2.75, 3.05) is 6.54 Å². The average molecular weight is 474 g/mol. The Bertz CT molecular complexity index is 1230. The molecule has 0 bridgehead atoms. The van der Waals surface area contributed by atoms with Crippen LogP contribution in [0.5, 0.6) is 0 Å². The summed E-state index contributed by atoms with van der Waals surface area (Å²) in [5, 5.41) is 10.5. The predicted octanol–water partition coefficient (Wildman–Crippen LogP) is 7.05. The van der Waals surface area contributed by atoms with Crippen molar-refractivity contribution in [3.05, 3.63) is 87.2 Å². The maximum absolute atomic E-state index is 14.8. The lowest BCUT2D eigenvalue weighted by atomic mass is 9.89. The highest BCUT2D eigenvalue weighted by Gasteiger charge is 2.39. The van der Waals surface area contributed by atoms with E-state index in [1.165, 1.54) is 19.9 Å². The standard InChI is InChI=1S/C25H22Cl2FNO3/c1-14-10-17-16-6-4-5-7-20(16)32-24(17)23(29(14)13-25(2,3)28)22-18(26)11-15(12-19(22)27)8-9-21(30)31/h4-9,11-12,23H,1,10,13H2,2-3H3,(H,30,31)/b9-8+. The molecule has 1 atom stereocenters. The van der Waals surface area contributed by atoms with Gasteiger partial charge in [-0.05, 0) is 43.7 Å². The lowest BCUT2D eigenvalue weighted by molar-refractivity contribution is -0.131. The molecule has 0 aliphatic carbocycles. The van der Waals surface area contributed by atoms with Crippen molar-refractivity contribution in [2.45, 2.75) is 32.0 Å². The normalized spacial score (nSPS) is 16.7. The van der Waals surface area contributed by atoms with Crippen LogP contribution in [0.4, 0.5) is 4.39 Å². The lowest BCUT2D eigenvalue weighted by Gasteiger charge is -2.41. The van der Waals surface area contributed by atoms with Crippen molar-refractivity contribution in [2.24, 2.45) is 0 Å². The van der Waals surface area contributed by atoms with E-state index < -0.39 is 17.7 Å². The second kappa shape index (κ2) is 8.30. The number of carboxylic acid groups (broad SMARTS) is 1. The van der Waals surface area contributed by atoms with Gasteiger partial charge in [0.15, 0.2) is 0 Å². The summed E-state index contributed by atoms with van der Waals surface area (Å²) in [4.78, 5) is 12.7. The summed E-state index contributed by atoms with van der Waals surface area (Å²) in [5.74, 6) is -0.423. The number of allylic oxidation sites excluding steroid dienone is 1. The molecule has 1 N–H and O–H groups in total. The number of rotatable bonds is 5. The first-order chi connectivity index (χ1) is 15.0. The quantitative estimate of drug-likeness (QED) is 0.403. The van der Waals surface area contributed by atoms with Gasteiger partial charge in [-0.2, -0.15) is 0 Å². The van der Waals surface area contributed by atoms with Crippen molar-refractivity contribution < 1.29 is 18.7 Å². The third-order valence-corrected chi connectivity index (χ3v) is 6.04. The van der Waals surface area contributed by atoms with Crippen LogP contribution in [0.15, 0.2) is 59.2 Å². The van der Waals surface area contributed by atoms with Gasteiger partial charge in [0.1, 0.15) is 23.1 Å². The number of hydrogen-bond donors (Lipinski definition) is 1. The Hall–Kier alpha value is -2.76. The van der Waals surface area contributed by atoms with E-state index >= 15 is 0 Å². The lowest BCUT2D eigenvalue weighted by Crippen LogP contribution is -2.41. The summed E-state index contributed by atoms with van der Waals surface area (Å²) in [5.41, 5.74) is 2.04. The number of furan rings is 1. The van der Waals surface area contributed by atoms with Gasteiger partial charge in [-0.15, -0.1) is 0 Å². The molecule has 1 aromatic heterocycles. The van der Waals surface area contributed by atoms with Crippen molar-refractivity contribution in [1.82, 2.24) is 4.90 Å². The zero-order valence-electron chi connectivity index (χ0n) is 17.7. The molecular formula is C25H22Cl2FNO3. The Balaban J connectivity index is 1.93. The molecule has 7 heteroatoms. The first-order valence-electron chi connectivity index (χ1n) is 10.1. The van der Waals surface area contributed by atoms with E-state index in [1.807, 2.05) is 29.2 Å². The molecular weight excluding hydrogens is 452 g/mol. The van der Waals surface area contributed by atoms with E-state index in [0.717, 1.165) is 28.3 Å². The number of halogens is 3. The molecule has 0 saturated carbocycles. The van der Waals surface area contributed by atoms with E-state index in [9.17, 15) is 9.18 Å². The molecule has 0 spiro atoms. The summed E-state index contributed by atoms with van der Waals surface area (Å²) in [6.45, 7) is 7.31. The van der Waals surface area contributed by atoms with Crippen LogP contribution in [0.1, 0.15) is 42.3 Å². The number of aliphatic carboxylic acids is 1. The van der Waals surface area contributed by atoms with E-state index in [4.69, 9.17) is 32.7 Å². The number of nitrogens with zero attached hydrogens (tertiary/aromatic N) is 1. The van der Waals surface area contributed by atoms with Gasteiger partial charge < -0.3 is 14.4 Å². The monoisotopic (exact) mass is 473 g/mol. The summed E-state index contributed by atoms with van der Waals surface area (Å²) >= 11 is 13.4. The third kappa shape index (κ3) is 4.27. The predicted molar refractivity (Wildman–Crippen MR) is 126 cm³/mol. The number of carboxylic acids is 1. The number of benzene rings is 2. The Labute approximate surface area is 195 Å². The molecule has 2 aromatic carbocycles. The molecule has 0 fully saturated rings. The van der Waals surface area contributed by atoms with Crippen LogP contribution >= 0.6 is 23.2 Å². The average Bonchev–Trinajstić information content (AvgIpc) is 3.05. The fraction of sp³-hybridized carbons (Fsp3) is 0.240. The van der Waals surface area contributed by atoms with Crippen LogP contribution in [-0.4, -0.2) is 28.2 Å². The molecule has 1 aliphatic rings. The first-order valence-corrected chi connectivity index (χ1v) is 10.8. The number of alkyl halides is 1. The highest BCUT2D eigenvalue weighted by Crippen LogP contribution is 2.48. The summed E-state index contributed by atoms with van der Waals surface area (Å²) in [7, 11) is 0. The maximum Gasteiger partial charge on any atom is 0.328 e. The molecule has 0 saturated heterocycles. The zero-order chi connectivity index (χ0) is 23.2. The van der Waals surface area contributed by atoms with Gasteiger partial charge >= 0.3 is 5.97 Å². The SMILES string of the molecule is C=C1Cc2c(oc3ccccc23)C(c2c(Cl)cc(/C=C/C(=O)O)cc2Cl)N1CC(C)(C)F. The minimum absolute atomic E-state index is 0.0698. The fourth-order valence-electron chi connectivity index (χ4n) is 4.17. The van der Waals surface area contributed by atoms with Gasteiger partial charge in [0.05, 0.1) is 6.54 Å². The zero-order valence-corrected chi connectivity index (χ0v) is 19.2. The third-order valence-electron chi connectivity index (χ3n) is 5.42. The van der Waals surface area contributed by atoms with E-state index in [0.29, 0.717) is 33.4 Å². The second-order valence-corrected chi connectivity index (χ2v) is 9.32. The summed E-state index contributed by atoms with van der Waals surface area (Å²) in [6.07, 6.45) is 2.95. The number of hydrogen-bond acceptors (Lipinski definition) is 3. The molecule has 166 valence electrons. The Morgan fingerprint density at radius 3 is 2.59 bits per heavy atom. The summed E-state index contributed by atoms with van der Waals surface area (Å²) in [6, 6.07) is 10.4. The Morgan fingerprint density at radius 1 is 1.31 bits per heavy atom. The molecule has 0 radical (unpaired) electrons. The molecule has 0 amide bonds. The van der Waals surface area contributed by atoms with Crippen LogP contribution in [0.25, 0.3) is 17.0 Å². The minimum atomic E-state index is -1.51. The largest absolute Gasteiger partial charge is 0.478 e. The van der Waals surface area contributed by atoms with Crippen LogP contribution < -0.4 is 0 Å². The van der Waals surface area contributed by atoms with Gasteiger partial charge in [-0.1, -0.05) is 48.0 Å². The first kappa shape index (κ1) is 22.4. The number of carbonyl (C=O) groups is 1. The molecule has 1 unspecified atom stereocenters. The fourth-order valence-corrected chi connectivity index (χ4v) is 4.89. The van der Waals surface area contributed by atoms with Gasteiger partial charge in [-0.25, -0.2) is 9.18 Å². The van der Waals surface area contributed by atoms with Crippen molar-refractivity contribution in [3.63, 3.8) is 0 Å². The molecule has 3 aromatic rings. The van der Waals surface area contributed by atoms with E-state index in [1.54, 1.807) is 12.1 Å². The van der Waals surface area contributed by atoms with Crippen LogP contribution in [0, 0.1) is 0 Å². The van der Waals surface area contributed by atoms with Crippen LogP contribution in [-0.2, 0) is 11.2 Å². The molecule has 1 aliphatic heterocycles. The molecule has 2 heterocycles. The number of para-hydroxylation sites is 1. The van der Waals surface area contributed by atoms with Crippen molar-refractivity contribution in [3.8, 4) is 0 Å². The molecule has 4 rings (SSSR count). The topological polar surface area (TPSA) is 53.7 Å². The van der Waals surface area contributed by atoms with Gasteiger partial charge in [-0.3, -0.25) is 0 Å². The Morgan fingerprint density at radius 2 is 1.97 bits per heavy atom. The second-order valence-electron chi connectivity index (χ2n) is 8.50. The van der Waals surface area contributed by atoms with Gasteiger partial charge in [0, 0.05) is 44.8 Å². The van der Waals surface area contributed by atoms with Crippen LogP contribution in [0.2, 0.25) is 10.0 Å². The van der Waals surface area contributed by atoms with E-state index in [2.05, 4.69) is 6.58 Å². The molecule has 32 heavy (non-hydrogen) atoms. The van der Waals surface area contributed by atoms with Gasteiger partial charge in [0.2, 0.25) is 0 Å². The van der Waals surface area contributed by atoms with Gasteiger partial charge in [0.25, 0.3) is 0 Å². The minimum Gasteiger partial charge on any atom is -0.478 e. The molecule has 4 nitrogen and oxygen atoms in total. The van der Waals surface area contributed by atoms with Crippen molar-refractivity contribution in [1.29, 1.82) is 0 Å². The number of fused-ring (bicyclic) bond motifs is 3. The van der Waals surface area contributed by atoms with E-state index in [-0.39, 0.29) is 6.54 Å². The maximum atomic E-state index is 14.8.